The number of benzene rings is 3. The number of carbonyl (C=O) groups is 1. The number of anilines is 1. The number of rotatable bonds is 5. The minimum Gasteiger partial charge on any atom is -0.379 e. The van der Waals surface area contributed by atoms with Crippen LogP contribution in [0.1, 0.15) is 10.4 Å². The number of nitrogens with one attached hydrogen (secondary N) is 1. The number of hydrogen-bond acceptors (Lipinski definition) is 4. The summed E-state index contributed by atoms with van der Waals surface area (Å²) in [5.74, 6) is -2.82. The Bertz CT molecular complexity index is 1070. The fourth-order valence-corrected chi connectivity index (χ4v) is 3.14. The van der Waals surface area contributed by atoms with Crippen molar-refractivity contribution < 1.29 is 26.2 Å². The van der Waals surface area contributed by atoms with E-state index in [2.05, 4.69) is 5.32 Å². The zero-order valence-corrected chi connectivity index (χ0v) is 14.5. The molecule has 0 aliphatic carbocycles. The minimum atomic E-state index is -4.33. The third kappa shape index (κ3) is 4.48. The summed E-state index contributed by atoms with van der Waals surface area (Å²) in [6.45, 7) is 0. The molecule has 0 unspecified atom stereocenters. The monoisotopic (exact) mass is 389 g/mol. The Morgan fingerprint density at radius 3 is 2.15 bits per heavy atom. The SMILES string of the molecule is O=C(Nc1ccc(OS(=O)(=O)c2ccc(F)c(F)c2)cc1)c1ccccc1. The Morgan fingerprint density at radius 2 is 1.52 bits per heavy atom. The lowest BCUT2D eigenvalue weighted by molar-refractivity contribution is 0.102. The molecule has 0 aliphatic heterocycles. The van der Waals surface area contributed by atoms with Gasteiger partial charge >= 0.3 is 10.1 Å². The second-order valence-electron chi connectivity index (χ2n) is 5.46. The molecule has 5 nitrogen and oxygen atoms in total. The number of halogens is 2. The van der Waals surface area contributed by atoms with Crippen LogP contribution in [-0.4, -0.2) is 14.3 Å². The van der Waals surface area contributed by atoms with Crippen molar-refractivity contribution >= 4 is 21.7 Å². The molecule has 1 N–H and O–H groups in total. The van der Waals surface area contributed by atoms with Crippen molar-refractivity contribution in [3.05, 3.63) is 90.0 Å². The van der Waals surface area contributed by atoms with Crippen LogP contribution in [0.25, 0.3) is 0 Å². The Labute approximate surface area is 154 Å². The van der Waals surface area contributed by atoms with Gasteiger partial charge in [-0.1, -0.05) is 18.2 Å². The molecule has 3 rings (SSSR count). The fraction of sp³-hybridized carbons (Fsp3) is 0. The van der Waals surface area contributed by atoms with Crippen LogP contribution < -0.4 is 9.50 Å². The highest BCUT2D eigenvalue weighted by Gasteiger charge is 2.19. The van der Waals surface area contributed by atoms with Crippen LogP contribution in [0.3, 0.4) is 0 Å². The highest BCUT2D eigenvalue weighted by Crippen LogP contribution is 2.22. The molecule has 3 aromatic rings. The van der Waals surface area contributed by atoms with E-state index in [0.717, 1.165) is 6.07 Å². The molecular formula is C19H13F2NO4S. The van der Waals surface area contributed by atoms with E-state index in [4.69, 9.17) is 4.18 Å². The normalized spacial score (nSPS) is 11.0. The van der Waals surface area contributed by atoms with E-state index in [1.54, 1.807) is 30.3 Å². The second-order valence-corrected chi connectivity index (χ2v) is 7.00. The van der Waals surface area contributed by atoms with Crippen LogP contribution in [-0.2, 0) is 10.1 Å². The summed E-state index contributed by atoms with van der Waals surface area (Å²) in [5, 5.41) is 2.66. The van der Waals surface area contributed by atoms with Gasteiger partial charge in [-0.2, -0.15) is 8.42 Å². The summed E-state index contributed by atoms with van der Waals surface area (Å²) in [6.07, 6.45) is 0. The third-order valence-electron chi connectivity index (χ3n) is 3.53. The van der Waals surface area contributed by atoms with Crippen molar-refractivity contribution in [1.29, 1.82) is 0 Å². The van der Waals surface area contributed by atoms with Gasteiger partial charge in [-0.3, -0.25) is 4.79 Å². The van der Waals surface area contributed by atoms with Gasteiger partial charge in [0.15, 0.2) is 11.6 Å². The predicted octanol–water partition coefficient (Wildman–Crippen LogP) is 3.98. The molecule has 3 aromatic carbocycles. The Balaban J connectivity index is 1.71. The van der Waals surface area contributed by atoms with Crippen LogP contribution in [0, 0.1) is 11.6 Å². The lowest BCUT2D eigenvalue weighted by atomic mass is 10.2. The highest BCUT2D eigenvalue weighted by atomic mass is 32.2. The van der Waals surface area contributed by atoms with Crippen LogP contribution in [0.4, 0.5) is 14.5 Å². The number of carbonyl (C=O) groups excluding carboxylic acids is 1. The summed E-state index contributed by atoms with van der Waals surface area (Å²) in [5.41, 5.74) is 0.903. The molecule has 0 heterocycles. The van der Waals surface area contributed by atoms with Crippen LogP contribution in [0.2, 0.25) is 0 Å². The summed E-state index contributed by atoms with van der Waals surface area (Å²) in [4.78, 5) is 11.6. The zero-order valence-electron chi connectivity index (χ0n) is 13.7. The molecule has 0 saturated heterocycles. The van der Waals surface area contributed by atoms with Crippen molar-refractivity contribution in [3.63, 3.8) is 0 Å². The van der Waals surface area contributed by atoms with Gasteiger partial charge in [0.05, 0.1) is 0 Å². The van der Waals surface area contributed by atoms with E-state index >= 15 is 0 Å². The molecule has 1 amide bonds. The fourth-order valence-electron chi connectivity index (χ4n) is 2.19. The zero-order chi connectivity index (χ0) is 19.4. The molecule has 0 aliphatic rings. The minimum absolute atomic E-state index is 0.0440. The number of amides is 1. The first-order valence-corrected chi connectivity index (χ1v) is 9.12. The number of hydrogen-bond donors (Lipinski definition) is 1. The average Bonchev–Trinajstić information content (AvgIpc) is 2.66. The Hall–Kier alpha value is -3.26. The van der Waals surface area contributed by atoms with Crippen molar-refractivity contribution in [2.24, 2.45) is 0 Å². The van der Waals surface area contributed by atoms with Gasteiger partial charge in [-0.25, -0.2) is 8.78 Å². The topological polar surface area (TPSA) is 72.5 Å². The molecule has 0 saturated carbocycles. The quantitative estimate of drug-likeness (QED) is 0.670. The largest absolute Gasteiger partial charge is 0.379 e. The predicted molar refractivity (Wildman–Crippen MR) is 95.0 cm³/mol. The van der Waals surface area contributed by atoms with Gasteiger partial charge < -0.3 is 9.50 Å². The summed E-state index contributed by atoms with van der Waals surface area (Å²) >= 11 is 0. The van der Waals surface area contributed by atoms with Crippen molar-refractivity contribution in [2.45, 2.75) is 4.90 Å². The second kappa shape index (κ2) is 7.55. The van der Waals surface area contributed by atoms with Crippen LogP contribution in [0.5, 0.6) is 5.75 Å². The maximum absolute atomic E-state index is 13.2. The molecule has 27 heavy (non-hydrogen) atoms. The lowest BCUT2D eigenvalue weighted by Crippen LogP contribution is -2.12. The van der Waals surface area contributed by atoms with Gasteiger partial charge in [-0.05, 0) is 54.6 Å². The van der Waals surface area contributed by atoms with Crippen LogP contribution in [0.15, 0.2) is 77.7 Å². The van der Waals surface area contributed by atoms with E-state index in [9.17, 15) is 22.0 Å². The van der Waals surface area contributed by atoms with Crippen molar-refractivity contribution in [2.75, 3.05) is 5.32 Å². The maximum atomic E-state index is 13.2. The van der Waals surface area contributed by atoms with E-state index in [1.165, 1.54) is 24.3 Å². The average molecular weight is 389 g/mol. The van der Waals surface area contributed by atoms with Gasteiger partial charge in [0.2, 0.25) is 0 Å². The van der Waals surface area contributed by atoms with Gasteiger partial charge in [0, 0.05) is 11.3 Å². The lowest BCUT2D eigenvalue weighted by Gasteiger charge is -2.09. The Morgan fingerprint density at radius 1 is 0.852 bits per heavy atom. The molecular weight excluding hydrogens is 376 g/mol. The van der Waals surface area contributed by atoms with Crippen LogP contribution >= 0.6 is 0 Å². The maximum Gasteiger partial charge on any atom is 0.339 e. The van der Waals surface area contributed by atoms with E-state index in [0.29, 0.717) is 23.4 Å². The summed E-state index contributed by atoms with van der Waals surface area (Å²) in [7, 11) is -4.33. The van der Waals surface area contributed by atoms with Gasteiger partial charge in [0.25, 0.3) is 5.91 Å². The molecule has 8 heteroatoms. The van der Waals surface area contributed by atoms with Gasteiger partial charge in [0.1, 0.15) is 10.6 Å². The van der Waals surface area contributed by atoms with E-state index < -0.39 is 26.6 Å². The summed E-state index contributed by atoms with van der Waals surface area (Å²) < 4.78 is 55.3. The first kappa shape index (κ1) is 18.5. The molecule has 0 aromatic heterocycles. The molecule has 0 spiro atoms. The Kier molecular flexibility index (Phi) is 5.18. The first-order valence-electron chi connectivity index (χ1n) is 7.71. The molecule has 0 bridgehead atoms. The van der Waals surface area contributed by atoms with E-state index in [1.807, 2.05) is 0 Å². The molecule has 0 fully saturated rings. The first-order chi connectivity index (χ1) is 12.8. The molecule has 0 radical (unpaired) electrons. The standard InChI is InChI=1S/C19H13F2NO4S/c20-17-11-10-16(12-18(17)21)27(24,25)26-15-8-6-14(7-9-15)22-19(23)13-4-2-1-3-5-13/h1-12H,(H,22,23). The smallest absolute Gasteiger partial charge is 0.339 e. The van der Waals surface area contributed by atoms with Crippen molar-refractivity contribution in [1.82, 2.24) is 0 Å². The molecule has 0 atom stereocenters. The van der Waals surface area contributed by atoms with E-state index in [-0.39, 0.29) is 11.7 Å². The highest BCUT2D eigenvalue weighted by molar-refractivity contribution is 7.87. The summed E-state index contributed by atoms with van der Waals surface area (Å²) in [6, 6.07) is 16.3. The third-order valence-corrected chi connectivity index (χ3v) is 4.78. The van der Waals surface area contributed by atoms with Gasteiger partial charge in [-0.15, -0.1) is 0 Å². The van der Waals surface area contributed by atoms with Crippen molar-refractivity contribution in [3.8, 4) is 5.75 Å². The molecule has 138 valence electrons.